The average molecular weight is 804 g/mol. The summed E-state index contributed by atoms with van der Waals surface area (Å²) in [6.45, 7) is 4.77. The first-order valence-electron chi connectivity index (χ1n) is 11.2. The van der Waals surface area contributed by atoms with E-state index in [0.717, 1.165) is 25.7 Å². The summed E-state index contributed by atoms with van der Waals surface area (Å²) in [6, 6.07) is 0. The maximum Gasteiger partial charge on any atom is 0.194 e. The van der Waals surface area contributed by atoms with Gasteiger partial charge in [0.05, 0.1) is 6.61 Å². The molecule has 0 aromatic heterocycles. The SMILES string of the molecule is CCCC(CCC)CO[C@H]1O[C@H](C(O)PPPP)[C@@](O)(PPPP)[C@@](O)(PPPP)[C@]1(O)PPPP. The lowest BCUT2D eigenvalue weighted by atomic mass is 9.95. The molecule has 1 aliphatic rings. The third kappa shape index (κ3) is 11.5. The highest BCUT2D eigenvalue weighted by Gasteiger charge is 2.73. The number of aliphatic hydroxyl groups excluding tert-OH is 1. The van der Waals surface area contributed by atoms with E-state index in [2.05, 4.69) is 49.6 Å². The molecule has 17 unspecified atom stereocenters. The van der Waals surface area contributed by atoms with Crippen molar-refractivity contribution in [3.8, 4) is 0 Å². The fourth-order valence-corrected chi connectivity index (χ4v) is 33.6. The highest BCUT2D eigenvalue weighted by atomic mass is 32.6. The molecule has 0 aromatic carbocycles. The molecule has 0 bridgehead atoms. The van der Waals surface area contributed by atoms with Gasteiger partial charge in [0.15, 0.2) is 17.0 Å². The van der Waals surface area contributed by atoms with Crippen LogP contribution in [0.1, 0.15) is 39.5 Å². The lowest BCUT2D eigenvalue weighted by molar-refractivity contribution is -0.337. The summed E-state index contributed by atoms with van der Waals surface area (Å²) in [5.74, 6) is -0.558. The van der Waals surface area contributed by atoms with Gasteiger partial charge in [-0.05, 0) is 18.8 Å². The van der Waals surface area contributed by atoms with E-state index in [1.165, 1.54) is 0 Å². The molecule has 1 rings (SSSR count). The molecule has 1 saturated heterocycles. The van der Waals surface area contributed by atoms with Crippen LogP contribution < -0.4 is 0 Å². The average Bonchev–Trinajstić information content (AvgIpc) is 2.86. The molecule has 36 heavy (non-hydrogen) atoms. The molecule has 22 atom stereocenters. The smallest absolute Gasteiger partial charge is 0.194 e. The van der Waals surface area contributed by atoms with Crippen LogP contribution in [-0.4, -0.2) is 61.3 Å². The van der Waals surface area contributed by atoms with Gasteiger partial charge in [0.1, 0.15) is 17.3 Å². The summed E-state index contributed by atoms with van der Waals surface area (Å²) in [4.78, 5) is 0. The zero-order chi connectivity index (χ0) is 27.2. The van der Waals surface area contributed by atoms with Crippen molar-refractivity contribution in [3.63, 3.8) is 0 Å². The molecule has 1 heterocycles. The second kappa shape index (κ2) is 22.2. The first-order valence-corrected chi connectivity index (χ1v) is 38.5. The van der Waals surface area contributed by atoms with E-state index in [0.29, 0.717) is 76.2 Å². The normalized spacial score (nSPS) is 35.8. The van der Waals surface area contributed by atoms with Crippen molar-refractivity contribution in [2.45, 2.75) is 73.8 Å². The van der Waals surface area contributed by atoms with Gasteiger partial charge in [0.25, 0.3) is 0 Å². The predicted octanol–water partition coefficient (Wildman–Crippen LogP) is 7.95. The number of aliphatic hydroxyl groups is 4. The minimum absolute atomic E-state index is 0.0138. The van der Waals surface area contributed by atoms with E-state index < -0.39 is 34.3 Å². The summed E-state index contributed by atoms with van der Waals surface area (Å²) in [7, 11) is 15.1. The zero-order valence-corrected chi connectivity index (χ0v) is 36.9. The van der Waals surface area contributed by atoms with Crippen LogP contribution in [0.4, 0.5) is 0 Å². The van der Waals surface area contributed by atoms with Gasteiger partial charge in [0, 0.05) is 0 Å². The van der Waals surface area contributed by atoms with E-state index >= 15 is 0 Å². The van der Waals surface area contributed by atoms with Crippen LogP contribution >= 0.6 is 132 Å². The van der Waals surface area contributed by atoms with Crippen LogP contribution in [0.3, 0.4) is 0 Å². The molecule has 216 valence electrons. The van der Waals surface area contributed by atoms with Gasteiger partial charge in [-0.15, -0.1) is 35.7 Å². The van der Waals surface area contributed by atoms with Crippen LogP contribution in [0.25, 0.3) is 0 Å². The molecule has 0 saturated carbocycles. The molecule has 0 aromatic rings. The van der Waals surface area contributed by atoms with E-state index in [-0.39, 0.29) is 33.1 Å². The van der Waals surface area contributed by atoms with Crippen molar-refractivity contribution in [2.75, 3.05) is 6.61 Å². The Morgan fingerprint density at radius 1 is 0.806 bits per heavy atom. The Hall–Kier alpha value is 6.64. The maximum absolute atomic E-state index is 12.5. The first-order chi connectivity index (χ1) is 17.1. The standard InChI is InChI=1S/C14H44O6P16/c1-3-5-8(6-4-2)7-19-11-13(17,27-35-31-23)14(18,28-36-32-24)12(16,26-34-30-22)9(20-11)10(15)25-33-29-21/h8-11,15-18,25-36H,3-7,21-24H2,1-2H3/t9-,10?,11+,12-,13-,14-/m1/s1. The van der Waals surface area contributed by atoms with Gasteiger partial charge < -0.3 is 29.9 Å². The summed E-state index contributed by atoms with van der Waals surface area (Å²) in [6.07, 6.45) is 2.11. The van der Waals surface area contributed by atoms with Crippen molar-refractivity contribution < 1.29 is 29.9 Å². The number of hydrogen-bond donors (Lipinski definition) is 4. The highest BCUT2D eigenvalue weighted by Crippen LogP contribution is 2.79. The van der Waals surface area contributed by atoms with Gasteiger partial charge in [-0.2, -0.15) is 0 Å². The molecule has 1 fully saturated rings. The fraction of sp³-hybridized carbons (Fsp3) is 1.00. The molecule has 6 nitrogen and oxygen atoms in total. The Labute approximate surface area is 247 Å². The Kier molecular flexibility index (Phi) is 25.1. The second-order valence-electron chi connectivity index (χ2n) is 7.95. The molecule has 22 heteroatoms. The van der Waals surface area contributed by atoms with Gasteiger partial charge in [-0.1, -0.05) is 123 Å². The Balaban J connectivity index is 3.57. The Morgan fingerprint density at radius 3 is 1.81 bits per heavy atom. The van der Waals surface area contributed by atoms with Crippen LogP contribution in [-0.2, 0) is 9.47 Å². The first kappa shape index (κ1) is 40.7. The topological polar surface area (TPSA) is 99.4 Å². The van der Waals surface area contributed by atoms with Crippen molar-refractivity contribution in [2.24, 2.45) is 5.92 Å². The van der Waals surface area contributed by atoms with E-state index in [9.17, 15) is 20.4 Å². The van der Waals surface area contributed by atoms with Crippen molar-refractivity contribution >= 4 is 132 Å². The Bertz CT molecular complexity index is 598. The van der Waals surface area contributed by atoms with Gasteiger partial charge in [-0.3, -0.25) is 0 Å². The minimum Gasteiger partial charge on any atom is -0.386 e. The van der Waals surface area contributed by atoms with Crippen molar-refractivity contribution in [1.82, 2.24) is 0 Å². The number of hydrogen-bond acceptors (Lipinski definition) is 6. The monoisotopic (exact) mass is 804 g/mol. The fourth-order valence-electron chi connectivity index (χ4n) is 3.89. The third-order valence-electron chi connectivity index (χ3n) is 5.55. The van der Waals surface area contributed by atoms with E-state index in [1.54, 1.807) is 0 Å². The molecule has 1 aliphatic heterocycles. The molecule has 4 N–H and O–H groups in total. The molecule has 0 aliphatic carbocycles. The van der Waals surface area contributed by atoms with Crippen molar-refractivity contribution in [1.29, 1.82) is 0 Å². The molecule has 0 amide bonds. The molecular formula is C14H44O6P16. The lowest BCUT2D eigenvalue weighted by Crippen LogP contribution is -2.76. The maximum atomic E-state index is 12.5. The van der Waals surface area contributed by atoms with Gasteiger partial charge >= 0.3 is 0 Å². The lowest BCUT2D eigenvalue weighted by Gasteiger charge is -2.61. The van der Waals surface area contributed by atoms with Crippen LogP contribution in [0.15, 0.2) is 0 Å². The van der Waals surface area contributed by atoms with E-state index in [4.69, 9.17) is 9.47 Å². The summed E-state index contributed by atoms with van der Waals surface area (Å²) in [5, 5.41) is 43.4. The minimum atomic E-state index is -1.79. The van der Waals surface area contributed by atoms with Gasteiger partial charge in [-0.25, -0.2) is 0 Å². The van der Waals surface area contributed by atoms with Crippen LogP contribution in [0.2, 0.25) is 0 Å². The predicted molar refractivity (Wildman–Crippen MR) is 207 cm³/mol. The zero-order valence-electron chi connectivity index (χ0n) is 20.3. The summed E-state index contributed by atoms with van der Waals surface area (Å²) in [5.41, 5.74) is 0. The molecule has 0 radical (unpaired) electrons. The van der Waals surface area contributed by atoms with Gasteiger partial charge in [0.2, 0.25) is 0 Å². The largest absolute Gasteiger partial charge is 0.386 e. The number of rotatable bonds is 20. The van der Waals surface area contributed by atoms with Crippen LogP contribution in [0.5, 0.6) is 0 Å². The molecule has 0 spiro atoms. The van der Waals surface area contributed by atoms with Crippen molar-refractivity contribution in [3.05, 3.63) is 0 Å². The second-order valence-corrected chi connectivity index (χ2v) is 43.0. The summed E-state index contributed by atoms with van der Waals surface area (Å²) >= 11 is 0. The summed E-state index contributed by atoms with van der Waals surface area (Å²) < 4.78 is 12.8. The quantitative estimate of drug-likeness (QED) is 0.0934. The highest BCUT2D eigenvalue weighted by molar-refractivity contribution is 8.59. The number of ether oxygens (including phenoxy) is 2. The third-order valence-corrected chi connectivity index (χ3v) is 43.9. The molecular weight excluding hydrogens is 760 g/mol. The van der Waals surface area contributed by atoms with E-state index in [1.807, 2.05) is 0 Å². The van der Waals surface area contributed by atoms with Crippen LogP contribution in [0, 0.1) is 5.92 Å². The Morgan fingerprint density at radius 2 is 1.31 bits per heavy atom.